The van der Waals surface area contributed by atoms with E-state index in [9.17, 15) is 9.59 Å². The Balaban J connectivity index is 1.79. The number of urea groups is 1. The Kier molecular flexibility index (Phi) is 4.37. The average molecular weight is 347 g/mol. The minimum absolute atomic E-state index is 0.194. The van der Waals surface area contributed by atoms with Gasteiger partial charge in [-0.15, -0.1) is 0 Å². The van der Waals surface area contributed by atoms with E-state index in [4.69, 9.17) is 23.2 Å². The molecule has 0 unspecified atom stereocenters. The second-order valence-electron chi connectivity index (χ2n) is 5.06. The van der Waals surface area contributed by atoms with Crippen LogP contribution in [0.1, 0.15) is 11.1 Å². The van der Waals surface area contributed by atoms with Gasteiger partial charge in [-0.25, -0.2) is 4.79 Å². The third-order valence-corrected chi connectivity index (χ3v) is 3.90. The van der Waals surface area contributed by atoms with Gasteiger partial charge in [0.05, 0.1) is 6.54 Å². The van der Waals surface area contributed by atoms with E-state index in [0.717, 1.165) is 16.0 Å². The van der Waals surface area contributed by atoms with Gasteiger partial charge in [0.1, 0.15) is 5.70 Å². The van der Waals surface area contributed by atoms with Gasteiger partial charge in [-0.05, 0) is 41.5 Å². The molecule has 23 heavy (non-hydrogen) atoms. The smallest absolute Gasteiger partial charge is 0.303 e. The lowest BCUT2D eigenvalue weighted by Crippen LogP contribution is -2.30. The van der Waals surface area contributed by atoms with Crippen LogP contribution in [0.3, 0.4) is 0 Å². The highest BCUT2D eigenvalue weighted by molar-refractivity contribution is 6.30. The molecular weight excluding hydrogens is 335 g/mol. The summed E-state index contributed by atoms with van der Waals surface area (Å²) in [5, 5.41) is 3.80. The molecular formula is C17H12Cl2N2O2. The minimum atomic E-state index is -0.440. The molecule has 0 bridgehead atoms. The lowest BCUT2D eigenvalue weighted by molar-refractivity contribution is -0.123. The average Bonchev–Trinajstić information content (AvgIpc) is 2.79. The zero-order valence-electron chi connectivity index (χ0n) is 11.9. The predicted molar refractivity (Wildman–Crippen MR) is 90.0 cm³/mol. The van der Waals surface area contributed by atoms with E-state index in [1.807, 2.05) is 0 Å². The van der Waals surface area contributed by atoms with Crippen LogP contribution < -0.4 is 5.32 Å². The summed E-state index contributed by atoms with van der Waals surface area (Å²) in [5.41, 5.74) is 1.85. The molecule has 6 heteroatoms. The van der Waals surface area contributed by atoms with Gasteiger partial charge in [0.2, 0.25) is 0 Å². The lowest BCUT2D eigenvalue weighted by atomic mass is 10.2. The number of hydrogen-bond donors (Lipinski definition) is 1. The molecule has 0 spiro atoms. The normalized spacial score (nSPS) is 16.1. The Morgan fingerprint density at radius 2 is 1.48 bits per heavy atom. The maximum atomic E-state index is 12.4. The summed E-state index contributed by atoms with van der Waals surface area (Å²) in [6, 6.07) is 13.6. The molecule has 1 heterocycles. The molecule has 0 atom stereocenters. The quantitative estimate of drug-likeness (QED) is 0.672. The predicted octanol–water partition coefficient (Wildman–Crippen LogP) is 4.09. The minimum Gasteiger partial charge on any atom is -0.303 e. The molecule has 1 aliphatic rings. The zero-order valence-corrected chi connectivity index (χ0v) is 13.4. The van der Waals surface area contributed by atoms with Crippen LogP contribution in [0.2, 0.25) is 10.0 Å². The number of nitrogens with one attached hydrogen (secondary N) is 1. The van der Waals surface area contributed by atoms with Crippen LogP contribution in [0, 0.1) is 0 Å². The Labute approximate surface area is 143 Å². The monoisotopic (exact) mass is 346 g/mol. The van der Waals surface area contributed by atoms with Crippen LogP contribution in [0.25, 0.3) is 6.08 Å². The third-order valence-electron chi connectivity index (χ3n) is 3.40. The van der Waals surface area contributed by atoms with Crippen LogP contribution in [0.5, 0.6) is 0 Å². The topological polar surface area (TPSA) is 49.4 Å². The summed E-state index contributed by atoms with van der Waals surface area (Å²) in [6.45, 7) is 0.194. The Hall–Kier alpha value is -2.30. The molecule has 0 aliphatic carbocycles. The van der Waals surface area contributed by atoms with Gasteiger partial charge in [0.25, 0.3) is 5.91 Å². The van der Waals surface area contributed by atoms with Gasteiger partial charge in [-0.2, -0.15) is 0 Å². The van der Waals surface area contributed by atoms with Gasteiger partial charge < -0.3 is 5.32 Å². The van der Waals surface area contributed by atoms with Crippen molar-refractivity contribution in [1.29, 1.82) is 0 Å². The number of benzene rings is 2. The molecule has 3 amide bonds. The van der Waals surface area contributed by atoms with Crippen molar-refractivity contribution in [3.63, 3.8) is 0 Å². The number of imide groups is 1. The maximum Gasteiger partial charge on any atom is 0.329 e. The first-order valence-corrected chi connectivity index (χ1v) is 7.63. The highest BCUT2D eigenvalue weighted by Gasteiger charge is 2.33. The van der Waals surface area contributed by atoms with E-state index in [2.05, 4.69) is 5.32 Å². The number of carbonyl (C=O) groups is 2. The fourth-order valence-corrected chi connectivity index (χ4v) is 2.47. The summed E-state index contributed by atoms with van der Waals surface area (Å²) in [6.07, 6.45) is 1.62. The molecule has 2 aromatic carbocycles. The molecule has 1 aliphatic heterocycles. The van der Waals surface area contributed by atoms with Crippen molar-refractivity contribution in [3.05, 3.63) is 75.4 Å². The number of carbonyl (C=O) groups excluding carboxylic acids is 2. The number of hydrogen-bond acceptors (Lipinski definition) is 2. The van der Waals surface area contributed by atoms with E-state index in [1.165, 1.54) is 0 Å². The van der Waals surface area contributed by atoms with Gasteiger partial charge in [-0.1, -0.05) is 47.5 Å². The molecule has 2 aromatic rings. The van der Waals surface area contributed by atoms with Crippen LogP contribution in [-0.2, 0) is 11.3 Å². The summed E-state index contributed by atoms with van der Waals surface area (Å²) in [4.78, 5) is 25.6. The molecule has 0 aromatic heterocycles. The number of halogens is 2. The summed E-state index contributed by atoms with van der Waals surface area (Å²) < 4.78 is 0. The zero-order chi connectivity index (χ0) is 16.4. The summed E-state index contributed by atoms with van der Waals surface area (Å²) in [5.74, 6) is -0.361. The summed E-state index contributed by atoms with van der Waals surface area (Å²) in [7, 11) is 0. The SMILES string of the molecule is O=C1N/C(=C/c2ccc(Cl)cc2)C(=O)N1Cc1ccc(Cl)cc1. The second kappa shape index (κ2) is 6.44. The molecule has 4 nitrogen and oxygen atoms in total. The fraction of sp³-hybridized carbons (Fsp3) is 0.0588. The number of nitrogens with zero attached hydrogens (tertiary/aromatic N) is 1. The van der Waals surface area contributed by atoms with Gasteiger partial charge >= 0.3 is 6.03 Å². The van der Waals surface area contributed by atoms with Crippen LogP contribution in [0.4, 0.5) is 4.79 Å². The standard InChI is InChI=1S/C17H12Cl2N2O2/c18-13-5-1-11(2-6-13)9-15-16(22)21(17(23)20-15)10-12-3-7-14(19)8-4-12/h1-9H,10H2,(H,20,23)/b15-9+. The lowest BCUT2D eigenvalue weighted by Gasteiger charge is -2.11. The van der Waals surface area contributed by atoms with Crippen LogP contribution >= 0.6 is 23.2 Å². The largest absolute Gasteiger partial charge is 0.329 e. The number of amides is 3. The molecule has 1 saturated heterocycles. The van der Waals surface area contributed by atoms with Crippen molar-refractivity contribution < 1.29 is 9.59 Å². The molecule has 1 N–H and O–H groups in total. The maximum absolute atomic E-state index is 12.4. The first-order chi connectivity index (χ1) is 11.0. The van der Waals surface area contributed by atoms with Crippen molar-refractivity contribution >= 4 is 41.2 Å². The van der Waals surface area contributed by atoms with E-state index in [0.29, 0.717) is 10.0 Å². The van der Waals surface area contributed by atoms with Crippen molar-refractivity contribution in [1.82, 2.24) is 10.2 Å². The van der Waals surface area contributed by atoms with Crippen LogP contribution in [-0.4, -0.2) is 16.8 Å². The third kappa shape index (κ3) is 3.55. The van der Waals surface area contributed by atoms with E-state index >= 15 is 0 Å². The molecule has 3 rings (SSSR count). The Morgan fingerprint density at radius 1 is 0.913 bits per heavy atom. The highest BCUT2D eigenvalue weighted by Crippen LogP contribution is 2.19. The van der Waals surface area contributed by atoms with E-state index in [-0.39, 0.29) is 18.1 Å². The Morgan fingerprint density at radius 3 is 2.09 bits per heavy atom. The Bertz CT molecular complexity index is 783. The second-order valence-corrected chi connectivity index (χ2v) is 5.93. The van der Waals surface area contributed by atoms with Crippen molar-refractivity contribution in [2.45, 2.75) is 6.54 Å². The first-order valence-electron chi connectivity index (χ1n) is 6.87. The van der Waals surface area contributed by atoms with Gasteiger partial charge in [0, 0.05) is 10.0 Å². The number of rotatable bonds is 3. The molecule has 0 saturated carbocycles. The van der Waals surface area contributed by atoms with Crippen molar-refractivity contribution in [3.8, 4) is 0 Å². The van der Waals surface area contributed by atoms with E-state index in [1.54, 1.807) is 54.6 Å². The first kappa shape index (κ1) is 15.6. The van der Waals surface area contributed by atoms with E-state index < -0.39 is 6.03 Å². The van der Waals surface area contributed by atoms with Gasteiger partial charge in [-0.3, -0.25) is 9.69 Å². The highest BCUT2D eigenvalue weighted by atomic mass is 35.5. The summed E-state index contributed by atoms with van der Waals surface area (Å²) >= 11 is 11.7. The molecule has 0 radical (unpaired) electrons. The van der Waals surface area contributed by atoms with Crippen LogP contribution in [0.15, 0.2) is 54.2 Å². The molecule has 1 fully saturated rings. The van der Waals surface area contributed by atoms with Crippen molar-refractivity contribution in [2.24, 2.45) is 0 Å². The molecule has 116 valence electrons. The van der Waals surface area contributed by atoms with Crippen molar-refractivity contribution in [2.75, 3.05) is 0 Å². The van der Waals surface area contributed by atoms with Gasteiger partial charge in [0.15, 0.2) is 0 Å². The fourth-order valence-electron chi connectivity index (χ4n) is 2.21.